The maximum Gasteiger partial charge on any atom is 0.0739 e. The van der Waals surface area contributed by atoms with Crippen molar-refractivity contribution in [3.8, 4) is 0 Å². The molecule has 0 radical (unpaired) electrons. The average molecular weight is 303 g/mol. The Balaban J connectivity index is 2.36. The fourth-order valence-electron chi connectivity index (χ4n) is 1.59. The Bertz CT molecular complexity index is 360. The first kappa shape index (κ1) is 14.7. The molecule has 0 aliphatic carbocycles. The van der Waals surface area contributed by atoms with Crippen LogP contribution in [-0.2, 0) is 13.6 Å². The summed E-state index contributed by atoms with van der Waals surface area (Å²) in [6.07, 6.45) is 0. The van der Waals surface area contributed by atoms with Gasteiger partial charge in [-0.25, -0.2) is 0 Å². The van der Waals surface area contributed by atoms with E-state index in [1.165, 1.54) is 5.69 Å². The van der Waals surface area contributed by atoms with Crippen molar-refractivity contribution in [2.75, 3.05) is 20.1 Å². The molecular formula is C12H23BrN4. The predicted molar refractivity (Wildman–Crippen MR) is 75.1 cm³/mol. The SMILES string of the molecule is Cc1nn(C)c(CNCCN(C)C(C)C)c1Br. The quantitative estimate of drug-likeness (QED) is 0.815. The number of rotatable bonds is 6. The van der Waals surface area contributed by atoms with E-state index in [2.05, 4.69) is 52.1 Å². The number of aromatic nitrogens is 2. The molecule has 1 N–H and O–H groups in total. The molecule has 1 rings (SSSR count). The van der Waals surface area contributed by atoms with Gasteiger partial charge in [-0.2, -0.15) is 5.10 Å². The van der Waals surface area contributed by atoms with E-state index in [1.54, 1.807) is 0 Å². The van der Waals surface area contributed by atoms with Crippen molar-refractivity contribution in [1.82, 2.24) is 20.0 Å². The lowest BCUT2D eigenvalue weighted by atomic mass is 10.3. The summed E-state index contributed by atoms with van der Waals surface area (Å²) in [6.45, 7) is 9.34. The van der Waals surface area contributed by atoms with Crippen LogP contribution in [0.2, 0.25) is 0 Å². The van der Waals surface area contributed by atoms with E-state index in [0.717, 1.165) is 29.8 Å². The molecule has 0 atom stereocenters. The highest BCUT2D eigenvalue weighted by Crippen LogP contribution is 2.19. The minimum absolute atomic E-state index is 0.600. The fraction of sp³-hybridized carbons (Fsp3) is 0.750. The van der Waals surface area contributed by atoms with Crippen LogP contribution >= 0.6 is 15.9 Å². The number of nitrogens with zero attached hydrogens (tertiary/aromatic N) is 3. The molecule has 5 heteroatoms. The summed E-state index contributed by atoms with van der Waals surface area (Å²) in [5.41, 5.74) is 2.25. The van der Waals surface area contributed by atoms with E-state index in [1.807, 2.05) is 18.7 Å². The first-order valence-electron chi connectivity index (χ1n) is 6.02. The van der Waals surface area contributed by atoms with E-state index in [0.29, 0.717) is 6.04 Å². The van der Waals surface area contributed by atoms with Gasteiger partial charge in [-0.15, -0.1) is 0 Å². The van der Waals surface area contributed by atoms with Crippen molar-refractivity contribution in [3.63, 3.8) is 0 Å². The number of hydrogen-bond donors (Lipinski definition) is 1. The number of likely N-dealkylation sites (N-methyl/N-ethyl adjacent to an activating group) is 1. The van der Waals surface area contributed by atoms with Crippen LogP contribution in [-0.4, -0.2) is 40.9 Å². The van der Waals surface area contributed by atoms with Gasteiger partial charge < -0.3 is 10.2 Å². The lowest BCUT2D eigenvalue weighted by Crippen LogP contribution is -2.33. The number of nitrogens with one attached hydrogen (secondary N) is 1. The van der Waals surface area contributed by atoms with E-state index in [4.69, 9.17) is 0 Å². The zero-order valence-corrected chi connectivity index (χ0v) is 13.0. The highest BCUT2D eigenvalue weighted by atomic mass is 79.9. The molecule has 0 saturated carbocycles. The summed E-state index contributed by atoms with van der Waals surface area (Å²) in [5.74, 6) is 0. The van der Waals surface area contributed by atoms with Crippen molar-refractivity contribution in [3.05, 3.63) is 15.9 Å². The molecule has 98 valence electrons. The van der Waals surface area contributed by atoms with Crippen molar-refractivity contribution < 1.29 is 0 Å². The number of aryl methyl sites for hydroxylation is 2. The van der Waals surface area contributed by atoms with Gasteiger partial charge in [-0.3, -0.25) is 4.68 Å². The van der Waals surface area contributed by atoms with Crippen molar-refractivity contribution in [1.29, 1.82) is 0 Å². The summed E-state index contributed by atoms with van der Waals surface area (Å²) in [7, 11) is 4.13. The van der Waals surface area contributed by atoms with Gasteiger partial charge in [0.05, 0.1) is 15.9 Å². The van der Waals surface area contributed by atoms with Crippen LogP contribution in [0.15, 0.2) is 4.47 Å². The summed E-state index contributed by atoms with van der Waals surface area (Å²) in [4.78, 5) is 2.33. The average Bonchev–Trinajstić information content (AvgIpc) is 2.49. The van der Waals surface area contributed by atoms with Crippen molar-refractivity contribution in [2.45, 2.75) is 33.4 Å². The maximum atomic E-state index is 4.37. The molecule has 4 nitrogen and oxygen atoms in total. The highest BCUT2D eigenvalue weighted by molar-refractivity contribution is 9.10. The molecule has 0 aliphatic heterocycles. The van der Waals surface area contributed by atoms with Crippen LogP contribution < -0.4 is 5.32 Å². The fourth-order valence-corrected chi connectivity index (χ4v) is 2.07. The molecule has 0 bridgehead atoms. The molecule has 17 heavy (non-hydrogen) atoms. The van der Waals surface area contributed by atoms with Gasteiger partial charge in [0.25, 0.3) is 0 Å². The van der Waals surface area contributed by atoms with Gasteiger partial charge in [0, 0.05) is 32.7 Å². The Hall–Kier alpha value is -0.390. The largest absolute Gasteiger partial charge is 0.310 e. The van der Waals surface area contributed by atoms with E-state index < -0.39 is 0 Å². The second-order valence-corrected chi connectivity index (χ2v) is 5.51. The lowest BCUT2D eigenvalue weighted by molar-refractivity contribution is 0.273. The standard InChI is InChI=1S/C12H23BrN4/c1-9(2)16(4)7-6-14-8-11-12(13)10(3)15-17(11)5/h9,14H,6-8H2,1-5H3. The molecular weight excluding hydrogens is 280 g/mol. The number of halogens is 1. The van der Waals surface area contributed by atoms with Crippen LogP contribution in [0.3, 0.4) is 0 Å². The van der Waals surface area contributed by atoms with Crippen LogP contribution in [0.1, 0.15) is 25.2 Å². The zero-order valence-electron chi connectivity index (χ0n) is 11.4. The van der Waals surface area contributed by atoms with Crippen molar-refractivity contribution in [2.24, 2.45) is 7.05 Å². The minimum Gasteiger partial charge on any atom is -0.310 e. The first-order chi connectivity index (χ1) is 7.93. The maximum absolute atomic E-state index is 4.37. The Morgan fingerprint density at radius 1 is 1.47 bits per heavy atom. The topological polar surface area (TPSA) is 33.1 Å². The Kier molecular flexibility index (Phi) is 5.62. The summed E-state index contributed by atoms with van der Waals surface area (Å²) in [6, 6.07) is 0.600. The third kappa shape index (κ3) is 4.08. The molecule has 0 fully saturated rings. The van der Waals surface area contributed by atoms with Gasteiger partial charge in [0.15, 0.2) is 0 Å². The zero-order chi connectivity index (χ0) is 13.0. The molecule has 0 aliphatic rings. The summed E-state index contributed by atoms with van der Waals surface area (Å²) < 4.78 is 3.04. The Morgan fingerprint density at radius 3 is 2.59 bits per heavy atom. The molecule has 0 aromatic carbocycles. The van der Waals surface area contributed by atoms with Crippen LogP contribution in [0.5, 0.6) is 0 Å². The van der Waals surface area contributed by atoms with Gasteiger partial charge >= 0.3 is 0 Å². The molecule has 1 heterocycles. The molecule has 0 unspecified atom stereocenters. The smallest absolute Gasteiger partial charge is 0.0739 e. The van der Waals surface area contributed by atoms with Crippen molar-refractivity contribution >= 4 is 15.9 Å². The first-order valence-corrected chi connectivity index (χ1v) is 6.81. The second kappa shape index (κ2) is 6.52. The van der Waals surface area contributed by atoms with E-state index in [-0.39, 0.29) is 0 Å². The molecule has 0 spiro atoms. The third-order valence-corrected chi connectivity index (χ3v) is 4.11. The van der Waals surface area contributed by atoms with E-state index >= 15 is 0 Å². The Morgan fingerprint density at radius 2 is 2.12 bits per heavy atom. The molecule has 1 aromatic rings. The van der Waals surface area contributed by atoms with Crippen LogP contribution in [0.25, 0.3) is 0 Å². The van der Waals surface area contributed by atoms with Gasteiger partial charge in [-0.1, -0.05) is 0 Å². The molecule has 0 saturated heterocycles. The third-order valence-electron chi connectivity index (χ3n) is 3.08. The van der Waals surface area contributed by atoms with Crippen LogP contribution in [0.4, 0.5) is 0 Å². The normalized spacial score (nSPS) is 11.8. The predicted octanol–water partition coefficient (Wildman–Crippen LogP) is 1.92. The highest BCUT2D eigenvalue weighted by Gasteiger charge is 2.09. The lowest BCUT2D eigenvalue weighted by Gasteiger charge is -2.20. The summed E-state index contributed by atoms with van der Waals surface area (Å²) in [5, 5.41) is 7.82. The van der Waals surface area contributed by atoms with Gasteiger partial charge in [0.1, 0.15) is 0 Å². The second-order valence-electron chi connectivity index (χ2n) is 4.72. The van der Waals surface area contributed by atoms with Crippen LogP contribution in [0, 0.1) is 6.92 Å². The van der Waals surface area contributed by atoms with Gasteiger partial charge in [0.2, 0.25) is 0 Å². The molecule has 1 aromatic heterocycles. The van der Waals surface area contributed by atoms with Gasteiger partial charge in [-0.05, 0) is 43.7 Å². The monoisotopic (exact) mass is 302 g/mol. The Labute approximate surface area is 113 Å². The summed E-state index contributed by atoms with van der Waals surface area (Å²) >= 11 is 3.57. The number of hydrogen-bond acceptors (Lipinski definition) is 3. The molecule has 0 amide bonds. The minimum atomic E-state index is 0.600. The van der Waals surface area contributed by atoms with E-state index in [9.17, 15) is 0 Å².